The van der Waals surface area contributed by atoms with Gasteiger partial charge in [-0.3, -0.25) is 51.2 Å². The number of fused-ring (bicyclic) bond motifs is 2. The fourth-order valence-corrected chi connectivity index (χ4v) is 8.85. The van der Waals surface area contributed by atoms with Gasteiger partial charge in [0, 0.05) is 28.9 Å². The Hall–Kier alpha value is -3.52. The quantitative estimate of drug-likeness (QED) is 0.131. The van der Waals surface area contributed by atoms with E-state index in [-0.39, 0.29) is 29.7 Å². The zero-order valence-corrected chi connectivity index (χ0v) is 34.0. The smallest absolute Gasteiger partial charge is 0.426 e. The number of phosphoric acid groups is 1. The van der Waals surface area contributed by atoms with E-state index >= 15 is 0 Å². The van der Waals surface area contributed by atoms with Gasteiger partial charge in [-0.05, 0) is 37.8 Å². The molecule has 0 saturated carbocycles. The molecule has 18 nitrogen and oxygen atoms in total. The van der Waals surface area contributed by atoms with Crippen LogP contribution in [0.1, 0.15) is 49.3 Å². The van der Waals surface area contributed by atoms with E-state index in [1.807, 2.05) is 18.2 Å². The van der Waals surface area contributed by atoms with Crippen LogP contribution in [0.4, 0.5) is 4.39 Å². The first-order valence-electron chi connectivity index (χ1n) is 17.4. The van der Waals surface area contributed by atoms with Crippen molar-refractivity contribution < 1.29 is 50.7 Å². The van der Waals surface area contributed by atoms with E-state index in [1.54, 1.807) is 30.3 Å². The van der Waals surface area contributed by atoms with Crippen molar-refractivity contribution in [1.82, 2.24) is 19.1 Å². The van der Waals surface area contributed by atoms with E-state index in [2.05, 4.69) is 9.97 Å². The molecular weight excluding hydrogens is 861 g/mol. The van der Waals surface area contributed by atoms with Gasteiger partial charge in [-0.25, -0.2) is 14.2 Å². The Kier molecular flexibility index (Phi) is 14.2. The second-order valence-electron chi connectivity index (χ2n) is 13.0. The standard InChI is InChI=1S/C16H14B2ClN2O7P.C16H15BClN2O7P.CH3F/c17-16(18,28-29(24)25-8-9-3-1-2-4-11(9)27-29)12-5-6-13(26-12)21-7-10(19)14(22)20-15(21)23;17-16(23,27-28-24-8-9-3-1-2-4-11(9)26-28)12-5-6-13(25-12)20-7-10(18)14(21)19-15(20)22;1-2/h1-4,7,12-13H,5-6,8H2,(H,20,22,23);1-4,7,12-13,23H,5-6,8H2,(H,19,21,22);1H3. The van der Waals surface area contributed by atoms with Crippen molar-refractivity contribution in [2.45, 2.75) is 74.6 Å². The average molecular weight is 893 g/mol. The Labute approximate surface area is 349 Å². The lowest BCUT2D eigenvalue weighted by Crippen LogP contribution is -2.46. The van der Waals surface area contributed by atoms with Gasteiger partial charge in [0.15, 0.2) is 13.5 Å². The molecule has 59 heavy (non-hydrogen) atoms. The number of aromatic amines is 2. The van der Waals surface area contributed by atoms with Crippen molar-refractivity contribution in [1.29, 1.82) is 0 Å². The second kappa shape index (κ2) is 18.6. The molecule has 6 radical (unpaired) electrons. The highest BCUT2D eigenvalue weighted by atomic mass is 35.5. The van der Waals surface area contributed by atoms with Crippen molar-refractivity contribution in [2.75, 3.05) is 7.18 Å². The van der Waals surface area contributed by atoms with E-state index in [4.69, 9.17) is 83.4 Å². The number of aliphatic hydroxyl groups is 1. The monoisotopic (exact) mass is 892 g/mol. The second-order valence-corrected chi connectivity index (χ2v) is 16.4. The molecule has 3 N–H and O–H groups in total. The number of halogens is 3. The number of nitrogens with zero attached hydrogens (tertiary/aromatic N) is 2. The molecule has 4 aromatic rings. The highest BCUT2D eigenvalue weighted by molar-refractivity contribution is 7.49. The third-order valence-electron chi connectivity index (χ3n) is 8.95. The summed E-state index contributed by atoms with van der Waals surface area (Å²) in [5.41, 5.74) is -3.42. The summed E-state index contributed by atoms with van der Waals surface area (Å²) in [6.07, 6.45) is 0.108. The van der Waals surface area contributed by atoms with Crippen LogP contribution >= 0.6 is 39.6 Å². The Balaban J connectivity index is 0.000000191. The van der Waals surface area contributed by atoms with Gasteiger partial charge >= 0.3 is 27.8 Å². The Bertz CT molecular complexity index is 2440. The molecule has 2 aromatic heterocycles. The number of phosphoric ester groups is 1. The number of benzene rings is 2. The van der Waals surface area contributed by atoms with Crippen molar-refractivity contribution in [3.05, 3.63) is 124 Å². The van der Waals surface area contributed by atoms with Crippen LogP contribution in [0.15, 0.2) is 80.1 Å². The molecular formula is C33H32B3Cl2FN4O14P2. The first kappa shape index (κ1) is 45.0. The first-order chi connectivity index (χ1) is 28.0. The molecule has 0 amide bonds. The van der Waals surface area contributed by atoms with Gasteiger partial charge in [-0.2, -0.15) is 0 Å². The number of alkyl halides is 1. The van der Waals surface area contributed by atoms with Gasteiger partial charge in [0.05, 0.1) is 26.5 Å². The minimum atomic E-state index is -4.10. The van der Waals surface area contributed by atoms with Gasteiger partial charge in [0.2, 0.25) is 0 Å². The number of H-pyrrole nitrogens is 2. The van der Waals surface area contributed by atoms with Crippen LogP contribution in [-0.4, -0.2) is 78.2 Å². The van der Waals surface area contributed by atoms with Crippen LogP contribution in [-0.2, 0) is 45.3 Å². The maximum atomic E-state index is 12.9. The number of para-hydroxylation sites is 2. The molecule has 2 fully saturated rings. The summed E-state index contributed by atoms with van der Waals surface area (Å²) in [5.74, 6) is 0.938. The molecule has 2 aromatic carbocycles. The molecule has 308 valence electrons. The SMILES string of the molecule is CF.[B]C(O)(OP1OCc2ccccc2O1)C1CCC(n2cc(Cl)c(=O)[nH]c2=O)O1.[B]C([B])(OP1(=O)OCc2ccccc2O1)C1CCC(n2cc(Cl)c(=O)[nH]c2=O)O1. The van der Waals surface area contributed by atoms with Crippen molar-refractivity contribution in [3.63, 3.8) is 0 Å². The van der Waals surface area contributed by atoms with Crippen molar-refractivity contribution in [3.8, 4) is 11.5 Å². The minimum Gasteiger partial charge on any atom is -0.426 e. The van der Waals surface area contributed by atoms with Crippen LogP contribution in [0, 0.1) is 0 Å². The van der Waals surface area contributed by atoms with E-state index in [0.29, 0.717) is 43.5 Å². The van der Waals surface area contributed by atoms with E-state index in [9.17, 15) is 33.2 Å². The van der Waals surface area contributed by atoms with Crippen LogP contribution in [0.25, 0.3) is 0 Å². The van der Waals surface area contributed by atoms with Crippen LogP contribution < -0.4 is 31.5 Å². The zero-order chi connectivity index (χ0) is 42.7. The zero-order valence-electron chi connectivity index (χ0n) is 30.7. The summed E-state index contributed by atoms with van der Waals surface area (Å²) in [5, 5.41) is 8.20. The lowest BCUT2D eigenvalue weighted by atomic mass is 9.61. The number of nitrogens with one attached hydrogen (secondary N) is 2. The summed E-state index contributed by atoms with van der Waals surface area (Å²) in [4.78, 5) is 51.0. The summed E-state index contributed by atoms with van der Waals surface area (Å²) in [7, 11) is 12.4. The third kappa shape index (κ3) is 10.5. The summed E-state index contributed by atoms with van der Waals surface area (Å²) >= 11 is 11.5. The molecule has 4 aliphatic heterocycles. The maximum absolute atomic E-state index is 12.9. The molecule has 7 unspecified atom stereocenters. The largest absolute Gasteiger partial charge is 0.529 e. The number of ether oxygens (including phenoxy) is 2. The Morgan fingerprint density at radius 1 is 0.814 bits per heavy atom. The van der Waals surface area contributed by atoms with Gasteiger partial charge in [-0.15, -0.1) is 0 Å². The summed E-state index contributed by atoms with van der Waals surface area (Å²) in [6.45, 7) is 0.264. The summed E-state index contributed by atoms with van der Waals surface area (Å²) in [6, 6.07) is 14.2. The predicted octanol–water partition coefficient (Wildman–Crippen LogP) is 3.71. The Morgan fingerprint density at radius 3 is 1.92 bits per heavy atom. The lowest BCUT2D eigenvalue weighted by molar-refractivity contribution is -0.172. The summed E-state index contributed by atoms with van der Waals surface area (Å²) < 4.78 is 68.4. The topological polar surface area (TPSA) is 221 Å². The maximum Gasteiger partial charge on any atom is 0.529 e. The number of hydrogen-bond donors (Lipinski definition) is 3. The van der Waals surface area contributed by atoms with Crippen LogP contribution in [0.5, 0.6) is 11.5 Å². The fraction of sp³-hybridized carbons (Fsp3) is 0.394. The molecule has 0 bridgehead atoms. The van der Waals surface area contributed by atoms with Crippen LogP contribution in [0.2, 0.25) is 10.0 Å². The fourth-order valence-electron chi connectivity index (χ4n) is 6.10. The van der Waals surface area contributed by atoms with Crippen LogP contribution in [0.3, 0.4) is 0 Å². The van der Waals surface area contributed by atoms with Crippen molar-refractivity contribution >= 4 is 63.2 Å². The first-order valence-corrected chi connectivity index (χ1v) is 20.7. The highest BCUT2D eigenvalue weighted by Crippen LogP contribution is 2.57. The molecule has 6 heterocycles. The highest BCUT2D eigenvalue weighted by Gasteiger charge is 2.46. The van der Waals surface area contributed by atoms with Gasteiger partial charge in [0.1, 0.15) is 55.8 Å². The van der Waals surface area contributed by atoms with Crippen molar-refractivity contribution in [2.24, 2.45) is 0 Å². The Morgan fingerprint density at radius 2 is 1.32 bits per heavy atom. The van der Waals surface area contributed by atoms with E-state index in [0.717, 1.165) is 20.9 Å². The molecule has 2 saturated heterocycles. The van der Waals surface area contributed by atoms with E-state index < -0.39 is 74.7 Å². The molecule has 4 aliphatic rings. The number of aromatic nitrogens is 4. The van der Waals surface area contributed by atoms with Gasteiger partial charge in [0.25, 0.3) is 11.1 Å². The number of rotatable bonds is 8. The molecule has 7 atom stereocenters. The minimum absolute atomic E-state index is 0.00293. The normalized spacial score (nSPS) is 25.7. The predicted molar refractivity (Wildman–Crippen MR) is 211 cm³/mol. The molecule has 0 spiro atoms. The van der Waals surface area contributed by atoms with Gasteiger partial charge < -0.3 is 23.6 Å². The molecule has 26 heteroatoms. The lowest BCUT2D eigenvalue weighted by Gasteiger charge is -2.36. The number of hydrogen-bond acceptors (Lipinski definition) is 14. The third-order valence-corrected chi connectivity index (χ3v) is 12.0. The molecule has 0 aliphatic carbocycles. The average Bonchev–Trinajstić information content (AvgIpc) is 3.91. The molecule has 8 rings (SSSR count). The van der Waals surface area contributed by atoms with E-state index in [1.165, 1.54) is 6.20 Å². The van der Waals surface area contributed by atoms with Gasteiger partial charge in [-0.1, -0.05) is 59.6 Å².